The molecule has 1 aromatic carbocycles. The monoisotopic (exact) mass is 262 g/mol. The van der Waals surface area contributed by atoms with Gasteiger partial charge in [-0.3, -0.25) is 4.98 Å². The molecule has 0 amide bonds. The van der Waals surface area contributed by atoms with Crippen LogP contribution in [0.1, 0.15) is 11.3 Å². The number of ether oxygens (including phenoxy) is 2. The third-order valence-corrected chi connectivity index (χ3v) is 2.93. The molecule has 2 aromatic rings. The third-order valence-electron chi connectivity index (χ3n) is 2.71. The van der Waals surface area contributed by atoms with Crippen molar-refractivity contribution in [2.75, 3.05) is 14.2 Å². The normalized spacial score (nSPS) is 10.4. The first-order valence-electron chi connectivity index (χ1n) is 5.40. The van der Waals surface area contributed by atoms with Gasteiger partial charge < -0.3 is 15.2 Å². The van der Waals surface area contributed by atoms with Crippen LogP contribution in [0.4, 0.5) is 0 Å². The Hall–Kier alpha value is -1.88. The summed E-state index contributed by atoms with van der Waals surface area (Å²) in [4.78, 5) is 4.80. The molecule has 0 saturated carbocycles. The van der Waals surface area contributed by atoms with Gasteiger partial charge in [0.05, 0.1) is 19.7 Å². The lowest BCUT2D eigenvalue weighted by molar-refractivity contribution is 0.356. The summed E-state index contributed by atoms with van der Waals surface area (Å²) < 4.78 is 10.5. The molecule has 0 atom stereocenters. The molecule has 0 saturated heterocycles. The maximum atomic E-state index is 5.74. The molecule has 0 fully saturated rings. The van der Waals surface area contributed by atoms with E-state index in [-0.39, 0.29) is 0 Å². The second kappa shape index (κ2) is 4.78. The van der Waals surface area contributed by atoms with Crippen LogP contribution >= 0.6 is 12.2 Å². The van der Waals surface area contributed by atoms with Gasteiger partial charge in [-0.15, -0.1) is 0 Å². The van der Waals surface area contributed by atoms with E-state index in [1.807, 2.05) is 25.1 Å². The number of pyridine rings is 1. The molecule has 0 aliphatic rings. The molecule has 18 heavy (non-hydrogen) atoms. The van der Waals surface area contributed by atoms with Crippen LogP contribution in [0.25, 0.3) is 10.9 Å². The Kier molecular flexibility index (Phi) is 3.34. The summed E-state index contributed by atoms with van der Waals surface area (Å²) in [7, 11) is 3.18. The van der Waals surface area contributed by atoms with E-state index in [0.717, 1.165) is 22.2 Å². The number of fused-ring (bicyclic) bond motifs is 1. The van der Waals surface area contributed by atoms with Crippen molar-refractivity contribution in [3.8, 4) is 11.5 Å². The standard InChI is InChI=1S/C13H14N2O2S/c1-7-4-9(13(14)18)8-5-11(16-2)12(17-3)6-10(8)15-7/h4-6H,1-3H3,(H2,14,18). The van der Waals surface area contributed by atoms with Gasteiger partial charge >= 0.3 is 0 Å². The lowest BCUT2D eigenvalue weighted by Crippen LogP contribution is -2.11. The highest BCUT2D eigenvalue weighted by Gasteiger charge is 2.12. The van der Waals surface area contributed by atoms with Crippen molar-refractivity contribution in [3.63, 3.8) is 0 Å². The van der Waals surface area contributed by atoms with Crippen molar-refractivity contribution in [2.24, 2.45) is 5.73 Å². The van der Waals surface area contributed by atoms with Crippen LogP contribution in [-0.2, 0) is 0 Å². The average molecular weight is 262 g/mol. The fraction of sp³-hybridized carbons (Fsp3) is 0.231. The first-order valence-corrected chi connectivity index (χ1v) is 5.81. The van der Waals surface area contributed by atoms with Gasteiger partial charge in [-0.2, -0.15) is 0 Å². The lowest BCUT2D eigenvalue weighted by atomic mass is 10.1. The van der Waals surface area contributed by atoms with Crippen molar-refractivity contribution in [2.45, 2.75) is 6.92 Å². The van der Waals surface area contributed by atoms with E-state index in [1.54, 1.807) is 14.2 Å². The molecule has 0 spiro atoms. The van der Waals surface area contributed by atoms with Crippen molar-refractivity contribution in [1.82, 2.24) is 4.98 Å². The zero-order valence-corrected chi connectivity index (χ0v) is 11.3. The number of thiocarbonyl (C=S) groups is 1. The summed E-state index contributed by atoms with van der Waals surface area (Å²) in [6, 6.07) is 5.54. The molecular weight excluding hydrogens is 248 g/mol. The van der Waals surface area contributed by atoms with Crippen LogP contribution in [0.15, 0.2) is 18.2 Å². The summed E-state index contributed by atoms with van der Waals surface area (Å²) in [5, 5.41) is 0.866. The quantitative estimate of drug-likeness (QED) is 0.859. The molecule has 1 aromatic heterocycles. The van der Waals surface area contributed by atoms with Gasteiger partial charge in [-0.1, -0.05) is 12.2 Å². The fourth-order valence-corrected chi connectivity index (χ4v) is 2.06. The van der Waals surface area contributed by atoms with E-state index >= 15 is 0 Å². The molecule has 0 aliphatic heterocycles. The highest BCUT2D eigenvalue weighted by Crippen LogP contribution is 2.33. The summed E-state index contributed by atoms with van der Waals surface area (Å²) in [5.74, 6) is 1.27. The van der Waals surface area contributed by atoms with Crippen LogP contribution < -0.4 is 15.2 Å². The van der Waals surface area contributed by atoms with Crippen LogP contribution in [0.5, 0.6) is 11.5 Å². The maximum Gasteiger partial charge on any atom is 0.162 e. The maximum absolute atomic E-state index is 5.74. The third kappa shape index (κ3) is 2.09. The smallest absolute Gasteiger partial charge is 0.162 e. The van der Waals surface area contributed by atoms with Crippen molar-refractivity contribution in [3.05, 3.63) is 29.5 Å². The van der Waals surface area contributed by atoms with Crippen molar-refractivity contribution in [1.29, 1.82) is 0 Å². The molecular formula is C13H14N2O2S. The molecule has 0 unspecified atom stereocenters. The second-order valence-electron chi connectivity index (χ2n) is 3.90. The first kappa shape index (κ1) is 12.6. The SMILES string of the molecule is COc1cc2nc(C)cc(C(N)=S)c2cc1OC. The Bertz CT molecular complexity index is 626. The van der Waals surface area contributed by atoms with Gasteiger partial charge in [0.1, 0.15) is 4.99 Å². The zero-order chi connectivity index (χ0) is 13.3. The summed E-state index contributed by atoms with van der Waals surface area (Å²) in [6.45, 7) is 1.90. The Balaban J connectivity index is 2.83. The lowest BCUT2D eigenvalue weighted by Gasteiger charge is -2.11. The Labute approximate surface area is 111 Å². The minimum absolute atomic E-state index is 0.345. The number of rotatable bonds is 3. The van der Waals surface area contributed by atoms with Gasteiger partial charge in [0.25, 0.3) is 0 Å². The Morgan fingerprint density at radius 3 is 2.33 bits per heavy atom. The van der Waals surface area contributed by atoms with Gasteiger partial charge in [0.2, 0.25) is 0 Å². The van der Waals surface area contributed by atoms with Crippen molar-refractivity contribution < 1.29 is 9.47 Å². The molecule has 1 heterocycles. The summed E-state index contributed by atoms with van der Waals surface area (Å²) >= 11 is 5.07. The molecule has 0 aliphatic carbocycles. The average Bonchev–Trinajstić information content (AvgIpc) is 2.35. The van der Waals surface area contributed by atoms with E-state index < -0.39 is 0 Å². The Morgan fingerprint density at radius 1 is 1.17 bits per heavy atom. The fourth-order valence-electron chi connectivity index (χ4n) is 1.89. The number of hydrogen-bond acceptors (Lipinski definition) is 4. The minimum Gasteiger partial charge on any atom is -0.493 e. The van der Waals surface area contributed by atoms with Crippen molar-refractivity contribution >= 4 is 28.1 Å². The molecule has 2 rings (SSSR count). The van der Waals surface area contributed by atoms with Crippen LogP contribution in [0.3, 0.4) is 0 Å². The number of aromatic nitrogens is 1. The zero-order valence-electron chi connectivity index (χ0n) is 10.5. The van der Waals surface area contributed by atoms with Gasteiger partial charge in [-0.25, -0.2) is 0 Å². The number of methoxy groups -OCH3 is 2. The number of benzene rings is 1. The number of hydrogen-bond donors (Lipinski definition) is 1. The topological polar surface area (TPSA) is 57.4 Å². The number of nitrogens with two attached hydrogens (primary N) is 1. The van der Waals surface area contributed by atoms with Crippen LogP contribution in [0.2, 0.25) is 0 Å². The first-order chi connectivity index (χ1) is 8.56. The van der Waals surface area contributed by atoms with E-state index in [0.29, 0.717) is 16.5 Å². The van der Waals surface area contributed by atoms with Gasteiger partial charge in [0, 0.05) is 22.7 Å². The van der Waals surface area contributed by atoms with E-state index in [1.165, 1.54) is 0 Å². The summed E-state index contributed by atoms with van der Waals surface area (Å²) in [5.41, 5.74) is 8.19. The van der Waals surface area contributed by atoms with E-state index in [9.17, 15) is 0 Å². The number of aryl methyl sites for hydroxylation is 1. The molecule has 0 bridgehead atoms. The Morgan fingerprint density at radius 2 is 1.78 bits per heavy atom. The van der Waals surface area contributed by atoms with Crippen LogP contribution in [0, 0.1) is 6.92 Å². The number of nitrogens with zero attached hydrogens (tertiary/aromatic N) is 1. The van der Waals surface area contributed by atoms with E-state index in [4.69, 9.17) is 27.4 Å². The molecule has 0 radical (unpaired) electrons. The van der Waals surface area contributed by atoms with Gasteiger partial charge in [0.15, 0.2) is 11.5 Å². The highest BCUT2D eigenvalue weighted by atomic mass is 32.1. The summed E-state index contributed by atoms with van der Waals surface area (Å²) in [6.07, 6.45) is 0. The van der Waals surface area contributed by atoms with Crippen LogP contribution in [-0.4, -0.2) is 24.2 Å². The minimum atomic E-state index is 0.345. The molecule has 94 valence electrons. The molecule has 4 nitrogen and oxygen atoms in total. The van der Waals surface area contributed by atoms with Gasteiger partial charge in [-0.05, 0) is 19.1 Å². The predicted octanol–water partition coefficient (Wildman–Crippen LogP) is 2.19. The predicted molar refractivity (Wildman–Crippen MR) is 75.5 cm³/mol. The second-order valence-corrected chi connectivity index (χ2v) is 4.34. The molecule has 2 N–H and O–H groups in total. The largest absolute Gasteiger partial charge is 0.493 e. The highest BCUT2D eigenvalue weighted by molar-refractivity contribution is 7.80. The molecule has 5 heteroatoms. The van der Waals surface area contributed by atoms with E-state index in [2.05, 4.69) is 4.98 Å².